The second-order valence-corrected chi connectivity index (χ2v) is 9.46. The molecular formula is C28H31N7O2. The highest BCUT2D eigenvalue weighted by Crippen LogP contribution is 2.30. The highest BCUT2D eigenvalue weighted by atomic mass is 16.2. The van der Waals surface area contributed by atoms with Crippen molar-refractivity contribution in [1.29, 1.82) is 0 Å². The monoisotopic (exact) mass is 497 g/mol. The van der Waals surface area contributed by atoms with E-state index in [-0.39, 0.29) is 11.8 Å². The van der Waals surface area contributed by atoms with E-state index in [0.29, 0.717) is 25.2 Å². The predicted octanol–water partition coefficient (Wildman–Crippen LogP) is 3.23. The van der Waals surface area contributed by atoms with Gasteiger partial charge in [-0.25, -0.2) is 9.97 Å². The second kappa shape index (κ2) is 9.93. The third-order valence-electron chi connectivity index (χ3n) is 6.92. The number of fused-ring (bicyclic) bond motifs is 1. The van der Waals surface area contributed by atoms with E-state index >= 15 is 0 Å². The lowest BCUT2D eigenvalue weighted by Crippen LogP contribution is -2.50. The fourth-order valence-corrected chi connectivity index (χ4v) is 4.74. The number of nitrogens with zero attached hydrogens (tertiary/aromatic N) is 6. The second-order valence-electron chi connectivity index (χ2n) is 9.46. The Morgan fingerprint density at radius 2 is 1.84 bits per heavy atom. The molecule has 3 aromatic heterocycles. The molecule has 4 aromatic rings. The maximum absolute atomic E-state index is 13.1. The summed E-state index contributed by atoms with van der Waals surface area (Å²) in [5.74, 6) is 0.856. The molecule has 9 heteroatoms. The largest absolute Gasteiger partial charge is 0.373 e. The molecule has 190 valence electrons. The summed E-state index contributed by atoms with van der Waals surface area (Å²) < 4.78 is 2.06. The topological polar surface area (TPSA) is 86.6 Å². The molecule has 0 aliphatic carbocycles. The summed E-state index contributed by atoms with van der Waals surface area (Å²) in [6.45, 7) is 2.17. The van der Waals surface area contributed by atoms with E-state index in [1.54, 1.807) is 19.0 Å². The van der Waals surface area contributed by atoms with Gasteiger partial charge in [-0.15, -0.1) is 0 Å². The molecule has 0 spiro atoms. The van der Waals surface area contributed by atoms with Crippen molar-refractivity contribution in [3.05, 3.63) is 72.2 Å². The SMILES string of the molecule is CNc1ccc(-c2ccnc3c2cc(CN2CCN(c4ccc(C(=O)N(C)C)cc4)CC2=O)n3C)cn1. The minimum atomic E-state index is -0.0358. The van der Waals surface area contributed by atoms with Crippen LogP contribution in [0.4, 0.5) is 11.5 Å². The molecule has 1 saturated heterocycles. The first kappa shape index (κ1) is 24.3. The van der Waals surface area contributed by atoms with Gasteiger partial charge in [-0.2, -0.15) is 0 Å². The van der Waals surface area contributed by atoms with Gasteiger partial charge in [0.25, 0.3) is 5.91 Å². The quantitative estimate of drug-likeness (QED) is 0.440. The maximum Gasteiger partial charge on any atom is 0.253 e. The molecular weight excluding hydrogens is 466 g/mol. The van der Waals surface area contributed by atoms with E-state index < -0.39 is 0 Å². The molecule has 2 amide bonds. The molecule has 4 heterocycles. The highest BCUT2D eigenvalue weighted by molar-refractivity contribution is 5.95. The standard InChI is InChI=1S/C28H31N7O2/c1-29-25-10-7-20(16-31-25)23-11-12-30-27-24(23)15-22(33(27)4)17-35-14-13-34(18-26(35)36)21-8-5-19(6-9-21)28(37)32(2)3/h5-12,15-16H,13-14,17-18H2,1-4H3,(H,29,31). The predicted molar refractivity (Wildman–Crippen MR) is 146 cm³/mol. The average molecular weight is 498 g/mol. The first-order valence-corrected chi connectivity index (χ1v) is 12.3. The Balaban J connectivity index is 1.32. The minimum Gasteiger partial charge on any atom is -0.373 e. The fourth-order valence-electron chi connectivity index (χ4n) is 4.74. The van der Waals surface area contributed by atoms with Crippen LogP contribution in [0.1, 0.15) is 16.1 Å². The first-order chi connectivity index (χ1) is 17.9. The zero-order valence-electron chi connectivity index (χ0n) is 21.6. The molecule has 1 N–H and O–H groups in total. The van der Waals surface area contributed by atoms with Crippen molar-refractivity contribution >= 4 is 34.4 Å². The Morgan fingerprint density at radius 1 is 1.05 bits per heavy atom. The molecule has 9 nitrogen and oxygen atoms in total. The number of rotatable bonds is 6. The molecule has 0 bridgehead atoms. The Morgan fingerprint density at radius 3 is 2.49 bits per heavy atom. The van der Waals surface area contributed by atoms with Crippen LogP contribution >= 0.6 is 0 Å². The number of anilines is 2. The number of aryl methyl sites for hydroxylation is 1. The number of hydrogen-bond donors (Lipinski definition) is 1. The maximum atomic E-state index is 13.1. The van der Waals surface area contributed by atoms with E-state index in [0.717, 1.165) is 45.9 Å². The van der Waals surface area contributed by atoms with Crippen molar-refractivity contribution in [3.8, 4) is 11.1 Å². The van der Waals surface area contributed by atoms with Gasteiger partial charge in [-0.3, -0.25) is 9.59 Å². The number of nitrogens with one attached hydrogen (secondary N) is 1. The van der Waals surface area contributed by atoms with Crippen LogP contribution in [0, 0.1) is 0 Å². The number of pyridine rings is 2. The molecule has 37 heavy (non-hydrogen) atoms. The Labute approximate surface area is 216 Å². The molecule has 0 saturated carbocycles. The molecule has 0 radical (unpaired) electrons. The van der Waals surface area contributed by atoms with Gasteiger partial charge in [0.05, 0.1) is 13.1 Å². The van der Waals surface area contributed by atoms with Gasteiger partial charge in [0.1, 0.15) is 11.5 Å². The average Bonchev–Trinajstić information content (AvgIpc) is 3.24. The van der Waals surface area contributed by atoms with Crippen LogP contribution in [-0.4, -0.2) is 76.9 Å². The molecule has 5 rings (SSSR count). The number of amides is 2. The Kier molecular flexibility index (Phi) is 6.52. The number of hydrogen-bond acceptors (Lipinski definition) is 6. The van der Waals surface area contributed by atoms with E-state index in [9.17, 15) is 9.59 Å². The lowest BCUT2D eigenvalue weighted by atomic mass is 10.1. The van der Waals surface area contributed by atoms with E-state index in [2.05, 4.69) is 30.8 Å². The molecule has 1 aliphatic heterocycles. The number of benzene rings is 1. The number of piperazine rings is 1. The van der Waals surface area contributed by atoms with Crippen LogP contribution < -0.4 is 10.2 Å². The van der Waals surface area contributed by atoms with E-state index in [4.69, 9.17) is 0 Å². The Bertz CT molecular complexity index is 1440. The summed E-state index contributed by atoms with van der Waals surface area (Å²) in [5.41, 5.74) is 5.57. The first-order valence-electron chi connectivity index (χ1n) is 12.3. The summed E-state index contributed by atoms with van der Waals surface area (Å²) in [6.07, 6.45) is 3.67. The fraction of sp³-hybridized carbons (Fsp3) is 0.286. The van der Waals surface area contributed by atoms with Crippen LogP contribution in [-0.2, 0) is 18.4 Å². The van der Waals surface area contributed by atoms with Crippen molar-refractivity contribution < 1.29 is 9.59 Å². The van der Waals surface area contributed by atoms with Crippen LogP contribution in [0.15, 0.2) is 60.9 Å². The van der Waals surface area contributed by atoms with Gasteiger partial charge in [0.15, 0.2) is 0 Å². The van der Waals surface area contributed by atoms with Gasteiger partial charge in [-0.05, 0) is 54.1 Å². The van der Waals surface area contributed by atoms with Crippen molar-refractivity contribution in [2.75, 3.05) is 51.0 Å². The summed E-state index contributed by atoms with van der Waals surface area (Å²) in [4.78, 5) is 39.8. The summed E-state index contributed by atoms with van der Waals surface area (Å²) >= 11 is 0. The number of aromatic nitrogens is 3. The van der Waals surface area contributed by atoms with Crippen LogP contribution in [0.2, 0.25) is 0 Å². The van der Waals surface area contributed by atoms with Crippen molar-refractivity contribution in [1.82, 2.24) is 24.3 Å². The molecule has 1 aliphatic rings. The van der Waals surface area contributed by atoms with Crippen LogP contribution in [0.5, 0.6) is 0 Å². The lowest BCUT2D eigenvalue weighted by Gasteiger charge is -2.35. The van der Waals surface area contributed by atoms with Gasteiger partial charge in [0.2, 0.25) is 5.91 Å². The zero-order valence-corrected chi connectivity index (χ0v) is 21.6. The summed E-state index contributed by atoms with van der Waals surface area (Å²) in [7, 11) is 7.31. The lowest BCUT2D eigenvalue weighted by molar-refractivity contribution is -0.131. The molecule has 0 atom stereocenters. The summed E-state index contributed by atoms with van der Waals surface area (Å²) in [5, 5.41) is 4.09. The van der Waals surface area contributed by atoms with E-state index in [1.807, 2.05) is 73.9 Å². The van der Waals surface area contributed by atoms with Crippen LogP contribution in [0.3, 0.4) is 0 Å². The smallest absolute Gasteiger partial charge is 0.253 e. The van der Waals surface area contributed by atoms with Crippen LogP contribution in [0.25, 0.3) is 22.2 Å². The molecule has 0 unspecified atom stereocenters. The molecule has 1 fully saturated rings. The van der Waals surface area contributed by atoms with Crippen molar-refractivity contribution in [2.24, 2.45) is 7.05 Å². The van der Waals surface area contributed by atoms with Gasteiger partial charge < -0.3 is 24.6 Å². The normalized spacial score (nSPS) is 13.8. The summed E-state index contributed by atoms with van der Waals surface area (Å²) in [6, 6.07) is 15.6. The zero-order chi connectivity index (χ0) is 26.1. The van der Waals surface area contributed by atoms with Gasteiger partial charge in [0, 0.05) is 81.6 Å². The Hall–Kier alpha value is -4.40. The van der Waals surface area contributed by atoms with Crippen molar-refractivity contribution in [3.63, 3.8) is 0 Å². The van der Waals surface area contributed by atoms with E-state index in [1.165, 1.54) is 0 Å². The highest BCUT2D eigenvalue weighted by Gasteiger charge is 2.26. The number of carbonyl (C=O) groups excluding carboxylic acids is 2. The third kappa shape index (κ3) is 4.72. The van der Waals surface area contributed by atoms with Crippen molar-refractivity contribution in [2.45, 2.75) is 6.54 Å². The minimum absolute atomic E-state index is 0.0358. The number of carbonyl (C=O) groups is 2. The third-order valence-corrected chi connectivity index (χ3v) is 6.92. The molecule has 1 aromatic carbocycles. The van der Waals surface area contributed by atoms with Gasteiger partial charge >= 0.3 is 0 Å². The van der Waals surface area contributed by atoms with Gasteiger partial charge in [-0.1, -0.05) is 0 Å².